The quantitative estimate of drug-likeness (QED) is 0.565. The zero-order chi connectivity index (χ0) is 21.1. The molecule has 8 heteroatoms. The summed E-state index contributed by atoms with van der Waals surface area (Å²) in [6.45, 7) is 1.40. The minimum absolute atomic E-state index is 0.0244. The highest BCUT2D eigenvalue weighted by molar-refractivity contribution is 6.42. The molecule has 0 fully saturated rings. The van der Waals surface area contributed by atoms with Gasteiger partial charge in [-0.3, -0.25) is 14.5 Å². The maximum Gasteiger partial charge on any atom is 0.271 e. The van der Waals surface area contributed by atoms with Crippen molar-refractivity contribution in [3.63, 3.8) is 0 Å². The second-order valence-corrected chi connectivity index (χ2v) is 7.15. The highest BCUT2D eigenvalue weighted by Crippen LogP contribution is 2.32. The molecule has 0 unspecified atom stereocenters. The fourth-order valence-electron chi connectivity index (χ4n) is 2.94. The normalized spacial score (nSPS) is 16.0. The van der Waals surface area contributed by atoms with Crippen LogP contribution in [0.5, 0.6) is 0 Å². The molecule has 1 N–H and O–H groups in total. The van der Waals surface area contributed by atoms with Gasteiger partial charge >= 0.3 is 0 Å². The van der Waals surface area contributed by atoms with E-state index in [2.05, 4.69) is 0 Å². The number of carbonyl (C=O) groups excluding carboxylic acids is 2. The van der Waals surface area contributed by atoms with Gasteiger partial charge in [-0.15, -0.1) is 0 Å². The molecule has 148 valence electrons. The number of carbonyl (C=O) groups is 2. The first-order valence-electron chi connectivity index (χ1n) is 8.72. The largest absolute Gasteiger partial charge is 0.457 e. The summed E-state index contributed by atoms with van der Waals surface area (Å²) in [5.74, 6) is -0.291. The molecule has 0 radical (unpaired) electrons. The van der Waals surface area contributed by atoms with Crippen molar-refractivity contribution in [3.05, 3.63) is 62.9 Å². The van der Waals surface area contributed by atoms with E-state index in [1.54, 1.807) is 37.3 Å². The van der Waals surface area contributed by atoms with Crippen LogP contribution in [0, 0.1) is 11.3 Å². The average Bonchev–Trinajstić information content (AvgIpc) is 3.16. The van der Waals surface area contributed by atoms with Gasteiger partial charge in [0.05, 0.1) is 10.0 Å². The van der Waals surface area contributed by atoms with Gasteiger partial charge in [-0.25, -0.2) is 0 Å². The van der Waals surface area contributed by atoms with Crippen molar-refractivity contribution in [2.24, 2.45) is 0 Å². The molecule has 2 heterocycles. The lowest BCUT2D eigenvalue weighted by Crippen LogP contribution is -2.43. The number of imide groups is 1. The lowest BCUT2D eigenvalue weighted by Gasteiger charge is -2.27. The molecule has 1 aromatic heterocycles. The van der Waals surface area contributed by atoms with Gasteiger partial charge in [0.25, 0.3) is 11.8 Å². The highest BCUT2D eigenvalue weighted by Gasteiger charge is 2.35. The van der Waals surface area contributed by atoms with Crippen LogP contribution in [-0.4, -0.2) is 35.0 Å². The molecule has 1 aliphatic heterocycles. The third-order valence-electron chi connectivity index (χ3n) is 4.48. The lowest BCUT2D eigenvalue weighted by molar-refractivity contribution is -0.140. The zero-order valence-electron chi connectivity index (χ0n) is 15.4. The predicted molar refractivity (Wildman–Crippen MR) is 109 cm³/mol. The highest BCUT2D eigenvalue weighted by atomic mass is 35.5. The summed E-state index contributed by atoms with van der Waals surface area (Å²) in [5, 5.41) is 19.2. The maximum atomic E-state index is 12.8. The van der Waals surface area contributed by atoms with E-state index in [0.29, 0.717) is 27.1 Å². The lowest BCUT2D eigenvalue weighted by atomic mass is 9.94. The van der Waals surface area contributed by atoms with Crippen molar-refractivity contribution in [1.29, 1.82) is 5.26 Å². The molecule has 0 saturated heterocycles. The smallest absolute Gasteiger partial charge is 0.271 e. The minimum Gasteiger partial charge on any atom is -0.457 e. The van der Waals surface area contributed by atoms with Gasteiger partial charge in [-0.2, -0.15) is 5.26 Å². The third-order valence-corrected chi connectivity index (χ3v) is 5.22. The van der Waals surface area contributed by atoms with Crippen molar-refractivity contribution < 1.29 is 19.1 Å². The number of hydrogen-bond donors (Lipinski definition) is 1. The van der Waals surface area contributed by atoms with Crippen molar-refractivity contribution in [3.8, 4) is 17.4 Å². The number of nitriles is 1. The molecular weight excluding hydrogens is 415 g/mol. The fourth-order valence-corrected chi connectivity index (χ4v) is 3.24. The monoisotopic (exact) mass is 430 g/mol. The SMILES string of the molecule is CC1=C(C#N)C(=O)N(CCCO)C(=O)/C1=C/c1ccc(-c2ccc(Cl)c(Cl)c2)o1. The number of aliphatic hydroxyl groups excluding tert-OH is 1. The van der Waals surface area contributed by atoms with Crippen molar-refractivity contribution >= 4 is 41.1 Å². The maximum absolute atomic E-state index is 12.8. The van der Waals surface area contributed by atoms with E-state index in [4.69, 9.17) is 32.7 Å². The van der Waals surface area contributed by atoms with E-state index in [0.717, 1.165) is 4.90 Å². The second kappa shape index (κ2) is 8.66. The zero-order valence-corrected chi connectivity index (χ0v) is 16.9. The minimum atomic E-state index is -0.656. The van der Waals surface area contributed by atoms with Gasteiger partial charge in [0.1, 0.15) is 23.2 Å². The summed E-state index contributed by atoms with van der Waals surface area (Å²) >= 11 is 12.0. The number of furan rings is 1. The number of rotatable bonds is 5. The van der Waals surface area contributed by atoms with Crippen LogP contribution in [0.25, 0.3) is 17.4 Å². The first-order chi connectivity index (χ1) is 13.9. The van der Waals surface area contributed by atoms with Gasteiger partial charge < -0.3 is 9.52 Å². The summed E-state index contributed by atoms with van der Waals surface area (Å²) in [4.78, 5) is 26.2. The molecule has 0 atom stereocenters. The van der Waals surface area contributed by atoms with Crippen molar-refractivity contribution in [1.82, 2.24) is 4.90 Å². The Balaban J connectivity index is 2.00. The molecular formula is C21H16Cl2N2O4. The van der Waals surface area contributed by atoms with E-state index in [1.165, 1.54) is 6.08 Å². The summed E-state index contributed by atoms with van der Waals surface area (Å²) in [6, 6.07) is 10.3. The van der Waals surface area contributed by atoms with Crippen LogP contribution >= 0.6 is 23.2 Å². The number of hydrogen-bond acceptors (Lipinski definition) is 5. The molecule has 0 bridgehead atoms. The van der Waals surface area contributed by atoms with Gasteiger partial charge in [0.15, 0.2) is 0 Å². The fraction of sp³-hybridized carbons (Fsp3) is 0.190. The van der Waals surface area contributed by atoms with Crippen molar-refractivity contribution in [2.75, 3.05) is 13.2 Å². The summed E-state index contributed by atoms with van der Waals surface area (Å²) in [5.41, 5.74) is 1.08. The van der Waals surface area contributed by atoms with E-state index < -0.39 is 11.8 Å². The third kappa shape index (κ3) is 4.13. The second-order valence-electron chi connectivity index (χ2n) is 6.34. The average molecular weight is 431 g/mol. The summed E-state index contributed by atoms with van der Waals surface area (Å²) < 4.78 is 5.80. The molecule has 1 aliphatic rings. The molecule has 2 amide bonds. The molecule has 0 aliphatic carbocycles. The Morgan fingerprint density at radius 2 is 1.93 bits per heavy atom. The molecule has 1 aromatic carbocycles. The molecule has 0 spiro atoms. The van der Waals surface area contributed by atoms with Crippen LogP contribution in [0.4, 0.5) is 0 Å². The van der Waals surface area contributed by atoms with Crippen molar-refractivity contribution in [2.45, 2.75) is 13.3 Å². The Hall–Kier alpha value is -2.85. The van der Waals surface area contributed by atoms with Crippen LogP contribution in [0.1, 0.15) is 19.1 Å². The van der Waals surface area contributed by atoms with Crippen LogP contribution in [0.2, 0.25) is 10.0 Å². The Morgan fingerprint density at radius 1 is 1.17 bits per heavy atom. The molecule has 29 heavy (non-hydrogen) atoms. The van der Waals surface area contributed by atoms with Gasteiger partial charge in [0.2, 0.25) is 0 Å². The Labute approximate surface area is 177 Å². The first kappa shape index (κ1) is 20.9. The number of benzene rings is 1. The first-order valence-corrected chi connectivity index (χ1v) is 9.48. The molecule has 3 rings (SSSR count). The standard InChI is InChI=1S/C21H16Cl2N2O4/c1-12-15(20(27)25(7-2-8-26)21(28)16(12)11-24)10-14-4-6-19(29-14)13-3-5-17(22)18(23)9-13/h3-6,9-10,26H,2,7-8H2,1H3/b15-10+. The van der Waals surface area contributed by atoms with Gasteiger partial charge in [-0.1, -0.05) is 23.2 Å². The van der Waals surface area contributed by atoms with Crippen LogP contribution in [0.3, 0.4) is 0 Å². The number of nitrogens with zero attached hydrogens (tertiary/aromatic N) is 2. The van der Waals surface area contributed by atoms with Crippen LogP contribution < -0.4 is 0 Å². The van der Waals surface area contributed by atoms with E-state index >= 15 is 0 Å². The Kier molecular flexibility index (Phi) is 6.23. The summed E-state index contributed by atoms with van der Waals surface area (Å²) in [7, 11) is 0. The molecule has 6 nitrogen and oxygen atoms in total. The number of amides is 2. The van der Waals surface area contributed by atoms with Gasteiger partial charge in [0, 0.05) is 24.3 Å². The van der Waals surface area contributed by atoms with Crippen LogP contribution in [0.15, 0.2) is 51.5 Å². The topological polar surface area (TPSA) is 94.5 Å². The Morgan fingerprint density at radius 3 is 2.59 bits per heavy atom. The Bertz CT molecular complexity index is 1090. The summed E-state index contributed by atoms with van der Waals surface area (Å²) in [6.07, 6.45) is 1.72. The van der Waals surface area contributed by atoms with E-state index in [-0.39, 0.29) is 36.3 Å². The number of aliphatic hydroxyl groups is 1. The van der Waals surface area contributed by atoms with E-state index in [1.807, 2.05) is 6.07 Å². The number of halogens is 2. The predicted octanol–water partition coefficient (Wildman–Crippen LogP) is 4.23. The molecule has 0 saturated carbocycles. The van der Waals surface area contributed by atoms with Gasteiger partial charge in [-0.05, 0) is 55.3 Å². The van der Waals surface area contributed by atoms with Crippen LogP contribution in [-0.2, 0) is 9.59 Å². The molecule has 2 aromatic rings. The van der Waals surface area contributed by atoms with E-state index in [9.17, 15) is 14.9 Å².